The van der Waals surface area contributed by atoms with Gasteiger partial charge in [0.2, 0.25) is 11.8 Å². The predicted octanol–water partition coefficient (Wildman–Crippen LogP) is 5.21. The number of fused-ring (bicyclic) bond motifs is 1. The first kappa shape index (κ1) is 24.5. The number of rotatable bonds is 9. The van der Waals surface area contributed by atoms with Crippen molar-refractivity contribution in [2.24, 2.45) is 0 Å². The van der Waals surface area contributed by atoms with E-state index in [1.807, 2.05) is 56.3 Å². The Bertz CT molecular complexity index is 1550. The van der Waals surface area contributed by atoms with Crippen LogP contribution in [0.5, 0.6) is 5.75 Å². The molecule has 0 aliphatic heterocycles. The number of nitrogens with one attached hydrogen (secondary N) is 1. The summed E-state index contributed by atoms with van der Waals surface area (Å²) in [6, 6.07) is 19.9. The van der Waals surface area contributed by atoms with Crippen LogP contribution in [-0.4, -0.2) is 38.2 Å². The number of aryl methyl sites for hydroxylation is 1. The molecule has 0 radical (unpaired) electrons. The average Bonchev–Trinajstić information content (AvgIpc) is 3.57. The standard InChI is InChI=1S/C27H26N6O3S/c1-17-6-4-5-7-24(17)28-25(34)15-33-14-22(29-32-33)16-37-27-31-30-26(36-27)18(2)19-8-9-21-13-23(35-3)11-10-20(21)12-19/h4-14,18H,15-16H2,1-3H3,(H,28,34)/t18-/m0/s1. The lowest BCUT2D eigenvalue weighted by Gasteiger charge is -2.09. The molecule has 0 aliphatic carbocycles. The molecule has 2 aromatic heterocycles. The van der Waals surface area contributed by atoms with Gasteiger partial charge in [0.15, 0.2) is 0 Å². The summed E-state index contributed by atoms with van der Waals surface area (Å²) in [5.74, 6) is 1.65. The summed E-state index contributed by atoms with van der Waals surface area (Å²) in [5.41, 5.74) is 3.59. The van der Waals surface area contributed by atoms with Crippen LogP contribution in [0.25, 0.3) is 10.8 Å². The van der Waals surface area contributed by atoms with Crippen molar-refractivity contribution in [3.8, 4) is 5.75 Å². The summed E-state index contributed by atoms with van der Waals surface area (Å²) in [6.07, 6.45) is 1.74. The molecule has 1 N–H and O–H groups in total. The van der Waals surface area contributed by atoms with Crippen LogP contribution < -0.4 is 10.1 Å². The number of carbonyl (C=O) groups is 1. The Kier molecular flexibility index (Phi) is 7.18. The number of nitrogens with zero attached hydrogens (tertiary/aromatic N) is 5. The number of thioether (sulfide) groups is 1. The molecule has 0 aliphatic rings. The van der Waals surface area contributed by atoms with Crippen LogP contribution in [0.3, 0.4) is 0 Å². The number of para-hydroxylation sites is 1. The molecule has 0 saturated heterocycles. The Hall–Kier alpha value is -4.18. The van der Waals surface area contributed by atoms with Gasteiger partial charge in [0.05, 0.1) is 18.7 Å². The van der Waals surface area contributed by atoms with Gasteiger partial charge in [-0.15, -0.1) is 15.3 Å². The van der Waals surface area contributed by atoms with E-state index in [1.165, 1.54) is 16.4 Å². The van der Waals surface area contributed by atoms with Gasteiger partial charge in [0.1, 0.15) is 12.3 Å². The molecule has 2 heterocycles. The maximum atomic E-state index is 12.4. The average molecular weight is 515 g/mol. The van der Waals surface area contributed by atoms with Gasteiger partial charge in [0.25, 0.3) is 5.22 Å². The van der Waals surface area contributed by atoms with Gasteiger partial charge in [-0.25, -0.2) is 4.68 Å². The molecule has 1 atom stereocenters. The number of methoxy groups -OCH3 is 1. The zero-order valence-electron chi connectivity index (χ0n) is 20.7. The molecular weight excluding hydrogens is 488 g/mol. The molecule has 0 saturated carbocycles. The molecule has 5 rings (SSSR count). The molecular formula is C27H26N6O3S. The molecule has 37 heavy (non-hydrogen) atoms. The summed E-state index contributed by atoms with van der Waals surface area (Å²) in [6.45, 7) is 4.07. The van der Waals surface area contributed by atoms with Crippen LogP contribution in [0.4, 0.5) is 5.69 Å². The van der Waals surface area contributed by atoms with Crippen LogP contribution in [-0.2, 0) is 17.1 Å². The second-order valence-corrected chi connectivity index (χ2v) is 9.59. The Morgan fingerprint density at radius 2 is 1.89 bits per heavy atom. The number of hydrogen-bond donors (Lipinski definition) is 1. The van der Waals surface area contributed by atoms with E-state index in [-0.39, 0.29) is 18.4 Å². The Morgan fingerprint density at radius 1 is 1.08 bits per heavy atom. The lowest BCUT2D eigenvalue weighted by atomic mass is 9.97. The second-order valence-electron chi connectivity index (χ2n) is 8.66. The smallest absolute Gasteiger partial charge is 0.276 e. The lowest BCUT2D eigenvalue weighted by Crippen LogP contribution is -2.19. The highest BCUT2D eigenvalue weighted by Gasteiger charge is 2.17. The number of anilines is 1. The van der Waals surface area contributed by atoms with E-state index >= 15 is 0 Å². The zero-order valence-corrected chi connectivity index (χ0v) is 21.5. The Morgan fingerprint density at radius 3 is 2.73 bits per heavy atom. The fourth-order valence-corrected chi connectivity index (χ4v) is 4.55. The number of carbonyl (C=O) groups excluding carboxylic acids is 1. The highest BCUT2D eigenvalue weighted by molar-refractivity contribution is 7.98. The summed E-state index contributed by atoms with van der Waals surface area (Å²) in [4.78, 5) is 12.4. The first-order valence-corrected chi connectivity index (χ1v) is 12.8. The molecule has 5 aromatic rings. The van der Waals surface area contributed by atoms with Gasteiger partial charge in [-0.1, -0.05) is 59.4 Å². The maximum absolute atomic E-state index is 12.4. The number of aromatic nitrogens is 5. The van der Waals surface area contributed by atoms with E-state index < -0.39 is 0 Å². The SMILES string of the molecule is COc1ccc2cc([C@H](C)c3nnc(SCc4cn(CC(=O)Nc5ccccc5C)nn4)o3)ccc2c1. The molecule has 0 fully saturated rings. The van der Waals surface area contributed by atoms with Crippen molar-refractivity contribution in [3.63, 3.8) is 0 Å². The topological polar surface area (TPSA) is 108 Å². The number of benzene rings is 3. The van der Waals surface area contributed by atoms with Crippen molar-refractivity contribution >= 4 is 34.1 Å². The van der Waals surface area contributed by atoms with E-state index in [0.29, 0.717) is 22.6 Å². The van der Waals surface area contributed by atoms with E-state index in [9.17, 15) is 4.79 Å². The van der Waals surface area contributed by atoms with Crippen molar-refractivity contribution in [3.05, 3.63) is 89.6 Å². The molecule has 188 valence electrons. The van der Waals surface area contributed by atoms with E-state index in [4.69, 9.17) is 9.15 Å². The van der Waals surface area contributed by atoms with Crippen molar-refractivity contribution in [1.29, 1.82) is 0 Å². The van der Waals surface area contributed by atoms with Crippen molar-refractivity contribution < 1.29 is 13.9 Å². The third kappa shape index (κ3) is 5.80. The van der Waals surface area contributed by atoms with E-state index in [0.717, 1.165) is 33.3 Å². The summed E-state index contributed by atoms with van der Waals surface area (Å²) in [7, 11) is 1.66. The van der Waals surface area contributed by atoms with Crippen molar-refractivity contribution in [2.75, 3.05) is 12.4 Å². The third-order valence-electron chi connectivity index (χ3n) is 6.02. The van der Waals surface area contributed by atoms with E-state index in [2.05, 4.69) is 44.0 Å². The largest absolute Gasteiger partial charge is 0.497 e. The molecule has 0 unspecified atom stereocenters. The quantitative estimate of drug-likeness (QED) is 0.267. The summed E-state index contributed by atoms with van der Waals surface area (Å²) < 4.78 is 12.7. The minimum Gasteiger partial charge on any atom is -0.497 e. The van der Waals surface area contributed by atoms with Gasteiger partial charge in [0, 0.05) is 17.6 Å². The zero-order chi connectivity index (χ0) is 25.8. The number of ether oxygens (including phenoxy) is 1. The number of hydrogen-bond acceptors (Lipinski definition) is 8. The first-order valence-electron chi connectivity index (χ1n) is 11.8. The number of amides is 1. The van der Waals surface area contributed by atoms with Crippen LogP contribution in [0, 0.1) is 6.92 Å². The molecule has 9 nitrogen and oxygen atoms in total. The molecule has 0 bridgehead atoms. The minimum atomic E-state index is -0.165. The van der Waals surface area contributed by atoms with Crippen LogP contribution >= 0.6 is 11.8 Å². The third-order valence-corrected chi connectivity index (χ3v) is 6.87. The van der Waals surface area contributed by atoms with Crippen LogP contribution in [0.1, 0.15) is 35.6 Å². The Labute approximate surface area is 218 Å². The predicted molar refractivity (Wildman–Crippen MR) is 142 cm³/mol. The van der Waals surface area contributed by atoms with Crippen molar-refractivity contribution in [1.82, 2.24) is 25.2 Å². The monoisotopic (exact) mass is 514 g/mol. The molecule has 0 spiro atoms. The maximum Gasteiger partial charge on any atom is 0.276 e. The van der Waals surface area contributed by atoms with Crippen LogP contribution in [0.15, 0.2) is 76.5 Å². The van der Waals surface area contributed by atoms with Gasteiger partial charge < -0.3 is 14.5 Å². The summed E-state index contributed by atoms with van der Waals surface area (Å²) >= 11 is 1.38. The van der Waals surface area contributed by atoms with Gasteiger partial charge in [-0.3, -0.25) is 4.79 Å². The lowest BCUT2D eigenvalue weighted by molar-refractivity contribution is -0.116. The highest BCUT2D eigenvalue weighted by Crippen LogP contribution is 2.30. The van der Waals surface area contributed by atoms with Crippen LogP contribution in [0.2, 0.25) is 0 Å². The molecule has 1 amide bonds. The molecule has 10 heteroatoms. The Balaban J connectivity index is 1.17. The van der Waals surface area contributed by atoms with Crippen molar-refractivity contribution in [2.45, 2.75) is 37.3 Å². The van der Waals surface area contributed by atoms with Gasteiger partial charge in [-0.2, -0.15) is 0 Å². The van der Waals surface area contributed by atoms with Gasteiger partial charge in [-0.05, 0) is 53.9 Å². The fourth-order valence-electron chi connectivity index (χ4n) is 3.90. The van der Waals surface area contributed by atoms with E-state index in [1.54, 1.807) is 13.3 Å². The van der Waals surface area contributed by atoms with Gasteiger partial charge >= 0.3 is 0 Å². The molecule has 3 aromatic carbocycles. The highest BCUT2D eigenvalue weighted by atomic mass is 32.2. The minimum absolute atomic E-state index is 0.0546. The fraction of sp³-hybridized carbons (Fsp3) is 0.222. The second kappa shape index (κ2) is 10.8. The summed E-state index contributed by atoms with van der Waals surface area (Å²) in [5, 5.41) is 22.2. The normalized spacial score (nSPS) is 12.0. The first-order chi connectivity index (χ1) is 18.0.